The van der Waals surface area contributed by atoms with Gasteiger partial charge in [-0.1, -0.05) is 0 Å². The van der Waals surface area contributed by atoms with E-state index >= 15 is 0 Å². The molecule has 1 amide bonds. The number of nitrogens with zero attached hydrogens (tertiary/aromatic N) is 4. The van der Waals surface area contributed by atoms with Crippen molar-refractivity contribution in [3.8, 4) is 0 Å². The third kappa shape index (κ3) is 4.57. The van der Waals surface area contributed by atoms with Crippen LogP contribution in [0.3, 0.4) is 0 Å². The number of carbonyl (C=O) groups excluding carboxylic acids is 1. The lowest BCUT2D eigenvalue weighted by molar-refractivity contribution is -0.143. The highest BCUT2D eigenvalue weighted by Gasteiger charge is 2.34. The molecule has 0 aromatic carbocycles. The van der Waals surface area contributed by atoms with Gasteiger partial charge in [-0.05, 0) is 12.8 Å². The van der Waals surface area contributed by atoms with Gasteiger partial charge >= 0.3 is 0 Å². The van der Waals surface area contributed by atoms with Crippen LogP contribution >= 0.6 is 36.3 Å². The number of anilines is 2. The predicted molar refractivity (Wildman–Crippen MR) is 94.6 cm³/mol. The first-order valence-electron chi connectivity index (χ1n) is 7.16. The van der Waals surface area contributed by atoms with Crippen LogP contribution in [0.4, 0.5) is 11.1 Å². The van der Waals surface area contributed by atoms with E-state index in [0.29, 0.717) is 25.6 Å². The summed E-state index contributed by atoms with van der Waals surface area (Å²) in [5.74, 6) is 0.392. The molecule has 4 N–H and O–H groups in total. The molecule has 132 valence electrons. The van der Waals surface area contributed by atoms with Gasteiger partial charge in [-0.2, -0.15) is 9.36 Å². The molecule has 0 radical (unpaired) electrons. The summed E-state index contributed by atoms with van der Waals surface area (Å²) in [7, 11) is 0. The van der Waals surface area contributed by atoms with Crippen LogP contribution in [0.1, 0.15) is 12.8 Å². The maximum absolute atomic E-state index is 12.4. The first-order valence-corrected chi connectivity index (χ1v) is 7.93. The van der Waals surface area contributed by atoms with Gasteiger partial charge < -0.3 is 26.0 Å². The minimum absolute atomic E-state index is 0. The number of piperazine rings is 1. The summed E-state index contributed by atoms with van der Waals surface area (Å²) in [6, 6.07) is 0. The van der Waals surface area contributed by atoms with E-state index in [9.17, 15) is 4.79 Å². The van der Waals surface area contributed by atoms with Crippen molar-refractivity contribution in [3.05, 3.63) is 0 Å². The maximum Gasteiger partial charge on any atom is 0.251 e. The molecule has 2 atom stereocenters. The molecule has 2 aliphatic rings. The summed E-state index contributed by atoms with van der Waals surface area (Å²) >= 11 is 1.29. The van der Waals surface area contributed by atoms with Gasteiger partial charge in [0.1, 0.15) is 6.10 Å². The zero-order valence-electron chi connectivity index (χ0n) is 12.6. The summed E-state index contributed by atoms with van der Waals surface area (Å²) in [4.78, 5) is 20.5. The topological polar surface area (TPSA) is 111 Å². The van der Waals surface area contributed by atoms with Crippen LogP contribution in [0.5, 0.6) is 0 Å². The molecular formula is C12H22Cl2N6O2S. The van der Waals surface area contributed by atoms with Gasteiger partial charge in [-0.25, -0.2) is 0 Å². The number of hydrogen-bond acceptors (Lipinski definition) is 8. The van der Waals surface area contributed by atoms with Crippen molar-refractivity contribution in [1.82, 2.24) is 14.3 Å². The summed E-state index contributed by atoms with van der Waals surface area (Å²) in [5, 5.41) is 0.819. The number of hydrogen-bond donors (Lipinski definition) is 2. The fraction of sp³-hybridized carbons (Fsp3) is 0.750. The fourth-order valence-electron chi connectivity index (χ4n) is 2.74. The number of halogens is 2. The van der Waals surface area contributed by atoms with Gasteiger partial charge in [-0.15, -0.1) is 24.8 Å². The molecule has 3 rings (SSSR count). The Morgan fingerprint density at radius 2 is 1.96 bits per heavy atom. The molecular weight excluding hydrogens is 363 g/mol. The Balaban J connectivity index is 0.00000132. The van der Waals surface area contributed by atoms with E-state index in [4.69, 9.17) is 16.2 Å². The van der Waals surface area contributed by atoms with Gasteiger partial charge in [-0.3, -0.25) is 4.79 Å². The minimum Gasteiger partial charge on any atom is -0.367 e. The van der Waals surface area contributed by atoms with E-state index in [-0.39, 0.29) is 42.9 Å². The molecule has 0 aliphatic carbocycles. The van der Waals surface area contributed by atoms with E-state index in [0.717, 1.165) is 31.1 Å². The number of amides is 1. The molecule has 0 bridgehead atoms. The lowest BCUT2D eigenvalue weighted by Gasteiger charge is -2.35. The Labute approximate surface area is 151 Å². The summed E-state index contributed by atoms with van der Waals surface area (Å²) in [6.07, 6.45) is 1.36. The number of nitrogen functional groups attached to an aromatic ring is 1. The quantitative estimate of drug-likeness (QED) is 0.760. The summed E-state index contributed by atoms with van der Waals surface area (Å²) in [5.41, 5.74) is 11.1. The third-order valence-corrected chi connectivity index (χ3v) is 4.73. The zero-order valence-corrected chi connectivity index (χ0v) is 15.0. The Kier molecular flexibility index (Phi) is 7.75. The van der Waals surface area contributed by atoms with Crippen molar-refractivity contribution in [1.29, 1.82) is 0 Å². The summed E-state index contributed by atoms with van der Waals surface area (Å²) in [6.45, 7) is 3.31. The first-order chi connectivity index (χ1) is 10.2. The number of rotatable bonds is 3. The van der Waals surface area contributed by atoms with Crippen LogP contribution in [-0.4, -0.2) is 65.1 Å². The van der Waals surface area contributed by atoms with E-state index in [1.807, 2.05) is 4.90 Å². The van der Waals surface area contributed by atoms with E-state index in [1.54, 1.807) is 0 Å². The Morgan fingerprint density at radius 1 is 1.26 bits per heavy atom. The average Bonchev–Trinajstić information content (AvgIpc) is 3.15. The average molecular weight is 385 g/mol. The summed E-state index contributed by atoms with van der Waals surface area (Å²) < 4.78 is 9.65. The van der Waals surface area contributed by atoms with Crippen LogP contribution in [0.15, 0.2) is 0 Å². The van der Waals surface area contributed by atoms with Crippen LogP contribution in [0.25, 0.3) is 0 Å². The number of ether oxygens (including phenoxy) is 1. The van der Waals surface area contributed by atoms with Crippen LogP contribution in [0, 0.1) is 0 Å². The second kappa shape index (κ2) is 8.84. The molecule has 2 aliphatic heterocycles. The fourth-order valence-corrected chi connectivity index (χ4v) is 3.39. The SMILES string of the molecule is Cl.Cl.NC[C@H]1CC[C@@H](C(=O)N2CCN(c3nc(N)ns3)CC2)O1. The number of nitrogens with two attached hydrogens (primary N) is 2. The smallest absolute Gasteiger partial charge is 0.251 e. The van der Waals surface area contributed by atoms with Crippen molar-refractivity contribution in [3.63, 3.8) is 0 Å². The maximum atomic E-state index is 12.4. The highest BCUT2D eigenvalue weighted by molar-refractivity contribution is 7.09. The number of carbonyl (C=O) groups is 1. The Morgan fingerprint density at radius 3 is 2.48 bits per heavy atom. The lowest BCUT2D eigenvalue weighted by Crippen LogP contribution is -2.51. The molecule has 11 heteroatoms. The molecule has 0 spiro atoms. The zero-order chi connectivity index (χ0) is 14.8. The normalized spacial score (nSPS) is 24.0. The molecule has 23 heavy (non-hydrogen) atoms. The Hall–Kier alpha value is -0.870. The number of aromatic nitrogens is 2. The van der Waals surface area contributed by atoms with Crippen molar-refractivity contribution in [2.24, 2.45) is 5.73 Å². The van der Waals surface area contributed by atoms with Gasteiger partial charge in [0.2, 0.25) is 11.1 Å². The van der Waals surface area contributed by atoms with Crippen molar-refractivity contribution in [2.45, 2.75) is 25.0 Å². The van der Waals surface area contributed by atoms with Gasteiger partial charge in [0.05, 0.1) is 6.10 Å². The van der Waals surface area contributed by atoms with Crippen LogP contribution < -0.4 is 16.4 Å². The minimum atomic E-state index is -0.317. The predicted octanol–water partition coefficient (Wildman–Crippen LogP) is 0.119. The molecule has 2 saturated heterocycles. The van der Waals surface area contributed by atoms with E-state index in [1.165, 1.54) is 11.5 Å². The van der Waals surface area contributed by atoms with E-state index in [2.05, 4.69) is 14.3 Å². The molecule has 3 heterocycles. The van der Waals surface area contributed by atoms with Gasteiger partial charge in [0.25, 0.3) is 5.91 Å². The molecule has 0 saturated carbocycles. The highest BCUT2D eigenvalue weighted by atomic mass is 35.5. The largest absolute Gasteiger partial charge is 0.367 e. The van der Waals surface area contributed by atoms with E-state index < -0.39 is 0 Å². The lowest BCUT2D eigenvalue weighted by atomic mass is 10.1. The second-order valence-electron chi connectivity index (χ2n) is 5.31. The van der Waals surface area contributed by atoms with Crippen LogP contribution in [0.2, 0.25) is 0 Å². The third-order valence-electron chi connectivity index (χ3n) is 3.94. The van der Waals surface area contributed by atoms with Gasteiger partial charge in [0, 0.05) is 44.3 Å². The highest BCUT2D eigenvalue weighted by Crippen LogP contribution is 2.23. The molecule has 1 aromatic rings. The standard InChI is InChI=1S/C12H20N6O2S.2ClH/c13-7-8-1-2-9(20-8)10(19)17-3-5-18(6-4-17)12-15-11(14)16-21-12;;/h8-9H,1-7,13H2,(H2,14,16);2*1H/t8-,9+;;/m1../s1. The van der Waals surface area contributed by atoms with Gasteiger partial charge in [0.15, 0.2) is 0 Å². The Bertz CT molecular complexity index is 511. The molecule has 0 unspecified atom stereocenters. The van der Waals surface area contributed by atoms with Crippen LogP contribution in [-0.2, 0) is 9.53 Å². The molecule has 8 nitrogen and oxygen atoms in total. The van der Waals surface area contributed by atoms with Crippen molar-refractivity contribution < 1.29 is 9.53 Å². The molecule has 2 fully saturated rings. The monoisotopic (exact) mass is 384 g/mol. The first kappa shape index (κ1) is 20.2. The molecule has 1 aromatic heterocycles. The van der Waals surface area contributed by atoms with Crippen molar-refractivity contribution in [2.75, 3.05) is 43.4 Å². The van der Waals surface area contributed by atoms with Crippen molar-refractivity contribution >= 4 is 53.3 Å². The second-order valence-corrected chi connectivity index (χ2v) is 6.04.